The Morgan fingerprint density at radius 2 is 2.12 bits per heavy atom. The summed E-state index contributed by atoms with van der Waals surface area (Å²) in [4.78, 5) is 6.55. The van der Waals surface area contributed by atoms with Crippen molar-refractivity contribution in [2.24, 2.45) is 7.05 Å². The maximum Gasteiger partial charge on any atom is 0.241 e. The van der Waals surface area contributed by atoms with Crippen LogP contribution in [0.4, 0.5) is 5.82 Å². The number of pyridine rings is 1. The molecule has 2 aromatic rings. The summed E-state index contributed by atoms with van der Waals surface area (Å²) < 4.78 is 33.6. The zero-order valence-electron chi connectivity index (χ0n) is 13.9. The first kappa shape index (κ1) is 16.9. The molecule has 130 valence electrons. The van der Waals surface area contributed by atoms with Crippen LogP contribution in [0.25, 0.3) is 0 Å². The maximum absolute atomic E-state index is 11.8. The second-order valence-electron chi connectivity index (χ2n) is 5.96. The first-order chi connectivity index (χ1) is 11.3. The van der Waals surface area contributed by atoms with Gasteiger partial charge >= 0.3 is 0 Å². The van der Waals surface area contributed by atoms with Crippen LogP contribution in [0, 0.1) is 0 Å². The molecular weight excluding hydrogens is 330 g/mol. The molecule has 2 aromatic heterocycles. The lowest BCUT2D eigenvalue weighted by atomic mass is 9.97. The second kappa shape index (κ2) is 6.15. The van der Waals surface area contributed by atoms with Crippen molar-refractivity contribution in [2.75, 3.05) is 31.6 Å². The van der Waals surface area contributed by atoms with E-state index in [9.17, 15) is 8.42 Å². The van der Waals surface area contributed by atoms with E-state index in [2.05, 4.69) is 19.7 Å². The molecule has 1 N–H and O–H groups in total. The standard InChI is InChI=1S/C15H21N5O3S/c1-15(12-8-18-19(3)10-12)11-20(6-7-23-15)14-5-4-13(9-17-14)24(21,22)16-2/h4-5,8-10,16H,6-7,11H2,1-3H3. The third kappa shape index (κ3) is 3.14. The Bertz CT molecular complexity index is 818. The highest BCUT2D eigenvalue weighted by Crippen LogP contribution is 2.31. The minimum atomic E-state index is -3.48. The molecule has 0 aliphatic carbocycles. The normalized spacial score (nSPS) is 21.9. The highest BCUT2D eigenvalue weighted by molar-refractivity contribution is 7.89. The lowest BCUT2D eigenvalue weighted by Crippen LogP contribution is -2.48. The van der Waals surface area contributed by atoms with Crippen molar-refractivity contribution in [1.82, 2.24) is 19.5 Å². The highest BCUT2D eigenvalue weighted by atomic mass is 32.2. The zero-order chi connectivity index (χ0) is 17.4. The van der Waals surface area contributed by atoms with E-state index >= 15 is 0 Å². The van der Waals surface area contributed by atoms with Crippen LogP contribution >= 0.6 is 0 Å². The summed E-state index contributed by atoms with van der Waals surface area (Å²) in [5, 5.41) is 4.21. The molecule has 0 bridgehead atoms. The molecule has 0 radical (unpaired) electrons. The molecule has 0 spiro atoms. The molecule has 1 aliphatic rings. The average Bonchev–Trinajstić information content (AvgIpc) is 3.02. The number of aromatic nitrogens is 3. The van der Waals surface area contributed by atoms with Gasteiger partial charge in [-0.3, -0.25) is 4.68 Å². The van der Waals surface area contributed by atoms with Gasteiger partial charge in [-0.1, -0.05) is 0 Å². The van der Waals surface area contributed by atoms with Crippen LogP contribution in [0.1, 0.15) is 12.5 Å². The molecule has 24 heavy (non-hydrogen) atoms. The third-order valence-electron chi connectivity index (χ3n) is 4.21. The van der Waals surface area contributed by atoms with E-state index in [1.807, 2.05) is 20.2 Å². The topological polar surface area (TPSA) is 89.4 Å². The summed E-state index contributed by atoms with van der Waals surface area (Å²) in [6, 6.07) is 3.28. The molecule has 9 heteroatoms. The number of anilines is 1. The Labute approximate surface area is 141 Å². The predicted molar refractivity (Wildman–Crippen MR) is 89.2 cm³/mol. The summed E-state index contributed by atoms with van der Waals surface area (Å²) in [5.74, 6) is 0.725. The molecule has 1 fully saturated rings. The molecular formula is C15H21N5O3S. The Morgan fingerprint density at radius 3 is 2.71 bits per heavy atom. The van der Waals surface area contributed by atoms with Crippen LogP contribution < -0.4 is 9.62 Å². The number of hydrogen-bond acceptors (Lipinski definition) is 6. The van der Waals surface area contributed by atoms with Crippen molar-refractivity contribution < 1.29 is 13.2 Å². The van der Waals surface area contributed by atoms with Gasteiger partial charge in [0.25, 0.3) is 0 Å². The van der Waals surface area contributed by atoms with Crippen molar-refractivity contribution in [2.45, 2.75) is 17.4 Å². The first-order valence-corrected chi connectivity index (χ1v) is 9.10. The zero-order valence-corrected chi connectivity index (χ0v) is 14.7. The van der Waals surface area contributed by atoms with Crippen molar-refractivity contribution in [3.8, 4) is 0 Å². The lowest BCUT2D eigenvalue weighted by molar-refractivity contribution is -0.0468. The molecule has 1 atom stereocenters. The third-order valence-corrected chi connectivity index (χ3v) is 5.61. The van der Waals surface area contributed by atoms with Crippen molar-refractivity contribution in [3.63, 3.8) is 0 Å². The van der Waals surface area contributed by atoms with Crippen LogP contribution in [-0.4, -0.2) is 49.9 Å². The van der Waals surface area contributed by atoms with Crippen LogP contribution in [-0.2, 0) is 27.4 Å². The van der Waals surface area contributed by atoms with Crippen molar-refractivity contribution in [1.29, 1.82) is 0 Å². The SMILES string of the molecule is CNS(=O)(=O)c1ccc(N2CCOC(C)(c3cnn(C)c3)C2)nc1. The van der Waals surface area contributed by atoms with Crippen LogP contribution in [0.2, 0.25) is 0 Å². The van der Waals surface area contributed by atoms with E-state index in [1.165, 1.54) is 13.2 Å². The Hall–Kier alpha value is -1.97. The molecule has 3 rings (SSSR count). The minimum Gasteiger partial charge on any atom is -0.367 e. The van der Waals surface area contributed by atoms with Gasteiger partial charge in [0.15, 0.2) is 0 Å². The van der Waals surface area contributed by atoms with Gasteiger partial charge in [0.1, 0.15) is 16.3 Å². The van der Waals surface area contributed by atoms with E-state index in [4.69, 9.17) is 4.74 Å². The Balaban J connectivity index is 1.82. The molecule has 8 nitrogen and oxygen atoms in total. The molecule has 0 amide bonds. The number of aryl methyl sites for hydroxylation is 1. The summed E-state index contributed by atoms with van der Waals surface area (Å²) >= 11 is 0. The molecule has 1 aliphatic heterocycles. The lowest BCUT2D eigenvalue weighted by Gasteiger charge is -2.40. The molecule has 1 saturated heterocycles. The van der Waals surface area contributed by atoms with Crippen LogP contribution in [0.3, 0.4) is 0 Å². The van der Waals surface area contributed by atoms with Gasteiger partial charge in [-0.05, 0) is 26.1 Å². The van der Waals surface area contributed by atoms with E-state index in [0.717, 1.165) is 11.4 Å². The smallest absolute Gasteiger partial charge is 0.241 e. The van der Waals surface area contributed by atoms with Crippen LogP contribution in [0.5, 0.6) is 0 Å². The van der Waals surface area contributed by atoms with Gasteiger partial charge < -0.3 is 9.64 Å². The molecule has 1 unspecified atom stereocenters. The number of morpholine rings is 1. The summed E-state index contributed by atoms with van der Waals surface area (Å²) in [5.41, 5.74) is 0.522. The van der Waals surface area contributed by atoms with Gasteiger partial charge in [0, 0.05) is 31.5 Å². The summed E-state index contributed by atoms with van der Waals surface area (Å²) in [6.07, 6.45) is 5.12. The number of sulfonamides is 1. The number of rotatable bonds is 4. The van der Waals surface area contributed by atoms with E-state index < -0.39 is 15.6 Å². The molecule has 0 aromatic carbocycles. The van der Waals surface area contributed by atoms with Crippen LogP contribution in [0.15, 0.2) is 35.6 Å². The number of nitrogens with zero attached hydrogens (tertiary/aromatic N) is 4. The van der Waals surface area contributed by atoms with E-state index in [-0.39, 0.29) is 4.90 Å². The average molecular weight is 351 g/mol. The van der Waals surface area contributed by atoms with Gasteiger partial charge in [-0.15, -0.1) is 0 Å². The Morgan fingerprint density at radius 1 is 1.33 bits per heavy atom. The number of hydrogen-bond donors (Lipinski definition) is 1. The van der Waals surface area contributed by atoms with E-state index in [0.29, 0.717) is 19.7 Å². The highest BCUT2D eigenvalue weighted by Gasteiger charge is 2.35. The molecule has 3 heterocycles. The summed E-state index contributed by atoms with van der Waals surface area (Å²) in [7, 11) is -0.225. The largest absolute Gasteiger partial charge is 0.367 e. The molecule has 0 saturated carbocycles. The monoisotopic (exact) mass is 351 g/mol. The minimum absolute atomic E-state index is 0.150. The van der Waals surface area contributed by atoms with Crippen molar-refractivity contribution in [3.05, 3.63) is 36.3 Å². The number of nitrogens with one attached hydrogen (secondary N) is 1. The predicted octanol–water partition coefficient (Wildman–Crippen LogP) is 0.475. The maximum atomic E-state index is 11.8. The second-order valence-corrected chi connectivity index (χ2v) is 7.85. The van der Waals surface area contributed by atoms with Gasteiger partial charge in [-0.25, -0.2) is 18.1 Å². The van der Waals surface area contributed by atoms with Gasteiger partial charge in [0.05, 0.1) is 19.3 Å². The number of ether oxygens (including phenoxy) is 1. The first-order valence-electron chi connectivity index (χ1n) is 7.62. The quantitative estimate of drug-likeness (QED) is 0.862. The van der Waals surface area contributed by atoms with Crippen molar-refractivity contribution >= 4 is 15.8 Å². The van der Waals surface area contributed by atoms with E-state index in [1.54, 1.807) is 23.0 Å². The van der Waals surface area contributed by atoms with Gasteiger partial charge in [0.2, 0.25) is 10.0 Å². The van der Waals surface area contributed by atoms with Gasteiger partial charge in [-0.2, -0.15) is 5.10 Å². The fraction of sp³-hybridized carbons (Fsp3) is 0.467. The Kier molecular flexibility index (Phi) is 4.33. The fourth-order valence-electron chi connectivity index (χ4n) is 2.77. The fourth-order valence-corrected chi connectivity index (χ4v) is 3.45. The summed E-state index contributed by atoms with van der Waals surface area (Å²) in [6.45, 7) is 3.89.